The lowest BCUT2D eigenvalue weighted by Gasteiger charge is -2.27. The molecular weight excluding hydrogens is 443 g/mol. The Bertz CT molecular complexity index is 1170. The molecule has 0 spiro atoms. The van der Waals surface area contributed by atoms with E-state index in [1.807, 2.05) is 13.0 Å². The molecule has 1 N–H and O–H groups in total. The highest BCUT2D eigenvalue weighted by atomic mass is 19.1. The zero-order valence-corrected chi connectivity index (χ0v) is 19.3. The van der Waals surface area contributed by atoms with Gasteiger partial charge in [0.25, 0.3) is 0 Å². The van der Waals surface area contributed by atoms with E-state index in [1.165, 1.54) is 19.2 Å². The SMILES string of the molecule is Cc1nc(-c2nnn(C)c2COc2nccc(C(C)F)n2)ccc1O[C@H]1CCC[C@H](C(=O)O)C1. The van der Waals surface area contributed by atoms with Crippen LogP contribution in [0.4, 0.5) is 4.39 Å². The van der Waals surface area contributed by atoms with Gasteiger partial charge in [0.1, 0.15) is 29.9 Å². The van der Waals surface area contributed by atoms with E-state index in [0.29, 0.717) is 41.4 Å². The van der Waals surface area contributed by atoms with Gasteiger partial charge in [-0.3, -0.25) is 4.79 Å². The minimum Gasteiger partial charge on any atom is -0.489 e. The first-order valence-corrected chi connectivity index (χ1v) is 11.2. The average molecular weight is 471 g/mol. The van der Waals surface area contributed by atoms with Crippen LogP contribution in [0, 0.1) is 12.8 Å². The summed E-state index contributed by atoms with van der Waals surface area (Å²) >= 11 is 0. The Morgan fingerprint density at radius 1 is 1.29 bits per heavy atom. The Labute approximate surface area is 196 Å². The minimum atomic E-state index is -1.23. The van der Waals surface area contributed by atoms with Gasteiger partial charge < -0.3 is 14.6 Å². The van der Waals surface area contributed by atoms with Crippen molar-refractivity contribution in [2.75, 3.05) is 0 Å². The van der Waals surface area contributed by atoms with E-state index in [4.69, 9.17) is 9.47 Å². The Kier molecular flexibility index (Phi) is 6.99. The standard InChI is InChI=1S/C23H27FN6O4/c1-13(24)17-9-10-25-23(27-17)33-12-19-21(28-29-30(19)3)18-7-8-20(14(2)26-18)34-16-6-4-5-15(11-16)22(31)32/h7-10,13,15-16H,4-6,11-12H2,1-3H3,(H,31,32)/t13?,15-,16-/m0/s1. The van der Waals surface area contributed by atoms with Crippen molar-refractivity contribution in [3.05, 3.63) is 41.5 Å². The van der Waals surface area contributed by atoms with Crippen LogP contribution >= 0.6 is 0 Å². The number of hydrogen-bond donors (Lipinski definition) is 1. The summed E-state index contributed by atoms with van der Waals surface area (Å²) in [6.07, 6.45) is 2.90. The highest BCUT2D eigenvalue weighted by Gasteiger charge is 2.28. The predicted octanol–water partition coefficient (Wildman–Crippen LogP) is 3.61. The van der Waals surface area contributed by atoms with E-state index < -0.39 is 12.1 Å². The summed E-state index contributed by atoms with van der Waals surface area (Å²) in [6.45, 7) is 3.30. The molecule has 0 bridgehead atoms. The fourth-order valence-corrected chi connectivity index (χ4v) is 3.98. The van der Waals surface area contributed by atoms with E-state index in [9.17, 15) is 14.3 Å². The van der Waals surface area contributed by atoms with Gasteiger partial charge in [0.15, 0.2) is 0 Å². The van der Waals surface area contributed by atoms with Crippen molar-refractivity contribution >= 4 is 5.97 Å². The number of carboxylic acids is 1. The van der Waals surface area contributed by atoms with Crippen molar-refractivity contribution in [2.24, 2.45) is 13.0 Å². The Morgan fingerprint density at radius 2 is 2.12 bits per heavy atom. The van der Waals surface area contributed by atoms with Crippen molar-refractivity contribution in [3.8, 4) is 23.1 Å². The minimum absolute atomic E-state index is 0.0641. The lowest BCUT2D eigenvalue weighted by Crippen LogP contribution is -2.29. The molecule has 0 saturated heterocycles. The monoisotopic (exact) mass is 470 g/mol. The van der Waals surface area contributed by atoms with Crippen molar-refractivity contribution in [2.45, 2.75) is 58.4 Å². The Hall–Kier alpha value is -3.63. The van der Waals surface area contributed by atoms with Crippen LogP contribution in [-0.4, -0.2) is 47.1 Å². The summed E-state index contributed by atoms with van der Waals surface area (Å²) < 4.78 is 26.9. The molecule has 0 aliphatic heterocycles. The zero-order valence-electron chi connectivity index (χ0n) is 19.3. The molecule has 1 unspecified atom stereocenters. The van der Waals surface area contributed by atoms with E-state index >= 15 is 0 Å². The van der Waals surface area contributed by atoms with Crippen molar-refractivity contribution in [1.29, 1.82) is 0 Å². The Balaban J connectivity index is 1.48. The van der Waals surface area contributed by atoms with Crippen LogP contribution in [0.2, 0.25) is 0 Å². The maximum atomic E-state index is 13.5. The number of carboxylic acid groups (broad SMARTS) is 1. The molecule has 0 aromatic carbocycles. The van der Waals surface area contributed by atoms with Crippen LogP contribution in [0.3, 0.4) is 0 Å². The summed E-state index contributed by atoms with van der Waals surface area (Å²) in [7, 11) is 1.74. The number of nitrogens with zero attached hydrogens (tertiary/aromatic N) is 6. The fourth-order valence-electron chi connectivity index (χ4n) is 3.98. The molecule has 0 radical (unpaired) electrons. The first kappa shape index (κ1) is 23.5. The van der Waals surface area contributed by atoms with Gasteiger partial charge in [0.2, 0.25) is 0 Å². The van der Waals surface area contributed by atoms with Gasteiger partial charge in [-0.05, 0) is 57.7 Å². The maximum Gasteiger partial charge on any atom is 0.317 e. The molecule has 3 aromatic heterocycles. The van der Waals surface area contributed by atoms with Crippen LogP contribution in [0.5, 0.6) is 11.8 Å². The van der Waals surface area contributed by atoms with Crippen LogP contribution in [-0.2, 0) is 18.4 Å². The van der Waals surface area contributed by atoms with E-state index in [1.54, 1.807) is 17.8 Å². The molecule has 3 aromatic rings. The lowest BCUT2D eigenvalue weighted by molar-refractivity contribution is -0.143. The molecule has 180 valence electrons. The molecule has 11 heteroatoms. The summed E-state index contributed by atoms with van der Waals surface area (Å²) in [5, 5.41) is 17.6. The second-order valence-electron chi connectivity index (χ2n) is 8.40. The van der Waals surface area contributed by atoms with Crippen LogP contribution < -0.4 is 9.47 Å². The van der Waals surface area contributed by atoms with Gasteiger partial charge >= 0.3 is 12.0 Å². The van der Waals surface area contributed by atoms with E-state index in [0.717, 1.165) is 12.8 Å². The molecular formula is C23H27FN6O4. The molecule has 1 aliphatic carbocycles. The second-order valence-corrected chi connectivity index (χ2v) is 8.40. The highest BCUT2D eigenvalue weighted by molar-refractivity contribution is 5.70. The molecule has 1 fully saturated rings. The highest BCUT2D eigenvalue weighted by Crippen LogP contribution is 2.30. The molecule has 0 amide bonds. The first-order valence-electron chi connectivity index (χ1n) is 11.2. The van der Waals surface area contributed by atoms with Gasteiger partial charge in [-0.25, -0.2) is 19.0 Å². The molecule has 4 rings (SSSR count). The second kappa shape index (κ2) is 10.1. The molecule has 3 atom stereocenters. The lowest BCUT2D eigenvalue weighted by atomic mass is 9.87. The predicted molar refractivity (Wildman–Crippen MR) is 119 cm³/mol. The van der Waals surface area contributed by atoms with Crippen LogP contribution in [0.15, 0.2) is 24.4 Å². The number of aryl methyl sites for hydroxylation is 2. The van der Waals surface area contributed by atoms with Crippen LogP contribution in [0.25, 0.3) is 11.4 Å². The summed E-state index contributed by atoms with van der Waals surface area (Å²) in [6, 6.07) is 5.17. The molecule has 3 heterocycles. The first-order chi connectivity index (χ1) is 16.3. The number of aromatic nitrogens is 6. The van der Waals surface area contributed by atoms with E-state index in [2.05, 4.69) is 25.3 Å². The summed E-state index contributed by atoms with van der Waals surface area (Å²) in [5.41, 5.74) is 2.69. The zero-order chi connectivity index (χ0) is 24.2. The van der Waals surface area contributed by atoms with Crippen molar-refractivity contribution < 1.29 is 23.8 Å². The number of alkyl halides is 1. The number of ether oxygens (including phenoxy) is 2. The molecule has 10 nitrogen and oxygen atoms in total. The van der Waals surface area contributed by atoms with Crippen molar-refractivity contribution in [1.82, 2.24) is 29.9 Å². The van der Waals surface area contributed by atoms with Crippen molar-refractivity contribution in [3.63, 3.8) is 0 Å². The number of rotatable bonds is 8. The molecule has 1 saturated carbocycles. The third-order valence-electron chi connectivity index (χ3n) is 5.89. The van der Waals surface area contributed by atoms with Crippen LogP contribution in [0.1, 0.15) is 55.9 Å². The fraction of sp³-hybridized carbons (Fsp3) is 0.478. The molecule has 34 heavy (non-hydrogen) atoms. The normalized spacial score (nSPS) is 18.9. The molecule has 1 aliphatic rings. The van der Waals surface area contributed by atoms with Gasteiger partial charge in [-0.1, -0.05) is 5.21 Å². The van der Waals surface area contributed by atoms with Gasteiger partial charge in [0, 0.05) is 13.2 Å². The van der Waals surface area contributed by atoms with Gasteiger partial charge in [-0.15, -0.1) is 5.10 Å². The quantitative estimate of drug-likeness (QED) is 0.525. The number of pyridine rings is 1. The van der Waals surface area contributed by atoms with Gasteiger partial charge in [0.05, 0.1) is 29.1 Å². The number of hydrogen-bond acceptors (Lipinski definition) is 8. The van der Waals surface area contributed by atoms with Gasteiger partial charge in [-0.2, -0.15) is 4.98 Å². The topological polar surface area (TPSA) is 125 Å². The largest absolute Gasteiger partial charge is 0.489 e. The van der Waals surface area contributed by atoms with E-state index in [-0.39, 0.29) is 30.3 Å². The number of halogens is 1. The third kappa shape index (κ3) is 5.29. The smallest absolute Gasteiger partial charge is 0.317 e. The summed E-state index contributed by atoms with van der Waals surface area (Å²) in [4.78, 5) is 24.1. The number of aliphatic carboxylic acids is 1. The number of carbonyl (C=O) groups is 1. The Morgan fingerprint density at radius 3 is 2.85 bits per heavy atom. The average Bonchev–Trinajstić information content (AvgIpc) is 3.19. The third-order valence-corrected chi connectivity index (χ3v) is 5.89. The maximum absolute atomic E-state index is 13.5. The summed E-state index contributed by atoms with van der Waals surface area (Å²) in [5.74, 6) is -0.523.